The zero-order chi connectivity index (χ0) is 27.3. The maximum atomic E-state index is 13.6. The Bertz CT molecular complexity index is 1360. The van der Waals surface area contributed by atoms with Gasteiger partial charge in [-0.3, -0.25) is 4.55 Å². The molecule has 1 aromatic heterocycles. The van der Waals surface area contributed by atoms with Crippen molar-refractivity contribution in [3.8, 4) is 11.8 Å². The van der Waals surface area contributed by atoms with E-state index in [0.29, 0.717) is 11.6 Å². The summed E-state index contributed by atoms with van der Waals surface area (Å²) < 4.78 is 70.3. The van der Waals surface area contributed by atoms with Gasteiger partial charge in [-0.25, -0.2) is 0 Å². The summed E-state index contributed by atoms with van der Waals surface area (Å²) in [4.78, 5) is -0.339. The van der Waals surface area contributed by atoms with Crippen molar-refractivity contribution in [2.75, 3.05) is 5.32 Å². The molecule has 1 saturated carbocycles. The fourth-order valence-electron chi connectivity index (χ4n) is 3.61. The third-order valence-electron chi connectivity index (χ3n) is 5.50. The van der Waals surface area contributed by atoms with Crippen LogP contribution in [0.15, 0.2) is 65.6 Å². The van der Waals surface area contributed by atoms with Gasteiger partial charge in [0, 0.05) is 22.9 Å². The number of hydrogen-bond acceptors (Lipinski definition) is 5. The van der Waals surface area contributed by atoms with Gasteiger partial charge in [-0.1, -0.05) is 72.3 Å². The van der Waals surface area contributed by atoms with Crippen molar-refractivity contribution in [1.82, 2.24) is 0 Å². The van der Waals surface area contributed by atoms with Crippen molar-refractivity contribution in [2.45, 2.75) is 48.4 Å². The molecule has 0 bridgehead atoms. The van der Waals surface area contributed by atoms with Gasteiger partial charge in [-0.15, -0.1) is 11.3 Å². The van der Waals surface area contributed by atoms with Crippen LogP contribution in [0.4, 0.5) is 18.9 Å². The molecule has 0 spiro atoms. The average Bonchev–Trinajstić information content (AvgIpc) is 3.47. The highest BCUT2D eigenvalue weighted by atomic mass is 35.5. The molecule has 1 aliphatic carbocycles. The lowest BCUT2D eigenvalue weighted by molar-refractivity contribution is -0.240. The molecule has 4 rings (SSSR count). The first-order valence-electron chi connectivity index (χ1n) is 11.0. The van der Waals surface area contributed by atoms with Crippen LogP contribution in [0.3, 0.4) is 0 Å². The largest absolute Gasteiger partial charge is 0.433 e. The van der Waals surface area contributed by atoms with Gasteiger partial charge in [0.25, 0.3) is 10.1 Å². The first kappa shape index (κ1) is 29.3. The quantitative estimate of drug-likeness (QED) is 0.222. The van der Waals surface area contributed by atoms with Gasteiger partial charge in [0.2, 0.25) is 5.60 Å². The van der Waals surface area contributed by atoms with E-state index in [1.165, 1.54) is 25.0 Å². The van der Waals surface area contributed by atoms with Gasteiger partial charge in [-0.2, -0.15) is 21.6 Å². The maximum absolute atomic E-state index is 13.6. The van der Waals surface area contributed by atoms with E-state index in [9.17, 15) is 26.7 Å². The second-order valence-corrected chi connectivity index (χ2v) is 11.9. The zero-order valence-corrected chi connectivity index (χ0v) is 22.2. The van der Waals surface area contributed by atoms with Crippen LogP contribution >= 0.6 is 34.5 Å². The average molecular weight is 592 g/mol. The molecule has 1 aliphatic rings. The Kier molecular flexibility index (Phi) is 9.56. The number of thiophene rings is 1. The number of aliphatic hydroxyl groups is 1. The van der Waals surface area contributed by atoms with Gasteiger partial charge in [-0.05, 0) is 49.1 Å². The van der Waals surface area contributed by atoms with E-state index in [1.54, 1.807) is 42.5 Å². The number of rotatable bonds is 4. The number of benzene rings is 2. The second kappa shape index (κ2) is 12.1. The van der Waals surface area contributed by atoms with Crippen LogP contribution in [0.2, 0.25) is 8.67 Å². The monoisotopic (exact) mass is 591 g/mol. The zero-order valence-electron chi connectivity index (χ0n) is 19.1. The van der Waals surface area contributed by atoms with Crippen molar-refractivity contribution in [3.05, 3.63) is 80.5 Å². The van der Waals surface area contributed by atoms with E-state index in [0.717, 1.165) is 35.9 Å². The van der Waals surface area contributed by atoms with E-state index >= 15 is 0 Å². The highest BCUT2D eigenvalue weighted by Crippen LogP contribution is 2.39. The lowest BCUT2D eigenvalue weighted by Gasteiger charge is -2.26. The smallest absolute Gasteiger partial charge is 0.382 e. The SMILES string of the molecule is O=S(=O)(O)c1cc(Cl)sc1Cl.OC(C#Cc1ccccc1)(c1ccc(NC2CCCC2)cc1)C(F)(F)F. The van der Waals surface area contributed by atoms with Gasteiger partial charge < -0.3 is 10.4 Å². The first-order chi connectivity index (χ1) is 17.3. The number of anilines is 1. The summed E-state index contributed by atoms with van der Waals surface area (Å²) in [5.41, 5.74) is -2.34. The maximum Gasteiger partial charge on any atom is 0.433 e. The van der Waals surface area contributed by atoms with Gasteiger partial charge in [0.1, 0.15) is 9.23 Å². The summed E-state index contributed by atoms with van der Waals surface area (Å²) in [5.74, 6) is 4.45. The third kappa shape index (κ3) is 7.87. The van der Waals surface area contributed by atoms with Crippen LogP contribution < -0.4 is 5.32 Å². The fraction of sp³-hybridized carbons (Fsp3) is 0.280. The second-order valence-electron chi connectivity index (χ2n) is 8.19. The Balaban J connectivity index is 0.000000289. The standard InChI is InChI=1S/C21H20F3NO.C4H2Cl2O3S2/c22-21(23,24)20(26,15-14-16-6-2-1-3-7-16)17-10-12-19(13-11-17)25-18-8-4-5-9-18;5-3-1-2(4(6)10-3)11(7,8)9/h1-3,6-7,10-13,18,25-26H,4-5,8-9H2;1H,(H,7,8,9). The van der Waals surface area contributed by atoms with Crippen LogP contribution in [0.25, 0.3) is 0 Å². The Morgan fingerprint density at radius 1 is 1.00 bits per heavy atom. The fourth-order valence-corrected chi connectivity index (χ4v) is 6.22. The minimum absolute atomic E-state index is 0.0301. The van der Waals surface area contributed by atoms with Crippen molar-refractivity contribution in [3.63, 3.8) is 0 Å². The molecular formula is C25H22Cl2F3NO4S2. The van der Waals surface area contributed by atoms with Gasteiger partial charge in [0.05, 0.1) is 4.34 Å². The first-order valence-corrected chi connectivity index (χ1v) is 14.0. The molecule has 12 heteroatoms. The number of alkyl halides is 3. The van der Waals surface area contributed by atoms with Crippen LogP contribution in [-0.2, 0) is 15.7 Å². The van der Waals surface area contributed by atoms with Gasteiger partial charge in [0.15, 0.2) is 0 Å². The summed E-state index contributed by atoms with van der Waals surface area (Å²) >= 11 is 11.7. The van der Waals surface area contributed by atoms with Crippen LogP contribution in [0.5, 0.6) is 0 Å². The molecule has 0 saturated heterocycles. The molecule has 198 valence electrons. The molecule has 2 aromatic carbocycles. The molecule has 37 heavy (non-hydrogen) atoms. The summed E-state index contributed by atoms with van der Waals surface area (Å²) in [6.07, 6.45) is -0.444. The molecule has 5 nitrogen and oxygen atoms in total. The van der Waals surface area contributed by atoms with Crippen LogP contribution in [-0.4, -0.2) is 30.3 Å². The molecule has 3 N–H and O–H groups in total. The van der Waals surface area contributed by atoms with Crippen LogP contribution in [0, 0.1) is 11.8 Å². The van der Waals surface area contributed by atoms with Crippen molar-refractivity contribution in [1.29, 1.82) is 0 Å². The lowest BCUT2D eigenvalue weighted by atomic mass is 9.93. The molecule has 1 heterocycles. The predicted molar refractivity (Wildman–Crippen MR) is 140 cm³/mol. The summed E-state index contributed by atoms with van der Waals surface area (Å²) in [5, 5.41) is 13.7. The molecule has 0 aliphatic heterocycles. The van der Waals surface area contributed by atoms with E-state index in [2.05, 4.69) is 11.2 Å². The summed E-state index contributed by atoms with van der Waals surface area (Å²) in [6.45, 7) is 0. The van der Waals surface area contributed by atoms with E-state index in [-0.39, 0.29) is 19.1 Å². The molecule has 1 unspecified atom stereocenters. The topological polar surface area (TPSA) is 86.6 Å². The minimum Gasteiger partial charge on any atom is -0.382 e. The Morgan fingerprint density at radius 3 is 2.05 bits per heavy atom. The summed E-state index contributed by atoms with van der Waals surface area (Å²) in [6, 6.07) is 15.5. The van der Waals surface area contributed by atoms with Crippen molar-refractivity contribution in [2.24, 2.45) is 0 Å². The Hall–Kier alpha value is -2.26. The molecule has 1 atom stereocenters. The Labute approximate surface area is 227 Å². The van der Waals surface area contributed by atoms with Gasteiger partial charge >= 0.3 is 6.18 Å². The van der Waals surface area contributed by atoms with Crippen molar-refractivity contribution >= 4 is 50.3 Å². The molecular weight excluding hydrogens is 570 g/mol. The predicted octanol–water partition coefficient (Wildman–Crippen LogP) is 7.14. The highest BCUT2D eigenvalue weighted by Gasteiger charge is 2.54. The molecule has 0 amide bonds. The van der Waals surface area contributed by atoms with Crippen molar-refractivity contribution < 1.29 is 31.2 Å². The highest BCUT2D eigenvalue weighted by molar-refractivity contribution is 7.86. The third-order valence-corrected chi connectivity index (χ3v) is 8.11. The molecule has 3 aromatic rings. The lowest BCUT2D eigenvalue weighted by Crippen LogP contribution is -2.41. The normalized spacial score (nSPS) is 15.6. The van der Waals surface area contributed by atoms with E-state index in [1.807, 2.05) is 5.92 Å². The summed E-state index contributed by atoms with van der Waals surface area (Å²) in [7, 11) is -4.22. The van der Waals surface area contributed by atoms with E-state index in [4.69, 9.17) is 27.8 Å². The molecule has 0 radical (unpaired) electrons. The molecule has 1 fully saturated rings. The minimum atomic E-state index is -4.91. The number of nitrogens with one attached hydrogen (secondary N) is 1. The van der Waals surface area contributed by atoms with Crippen LogP contribution in [0.1, 0.15) is 36.8 Å². The number of halogens is 5. The Morgan fingerprint density at radius 2 is 1.59 bits per heavy atom. The van der Waals surface area contributed by atoms with E-state index < -0.39 is 21.9 Å². The number of hydrogen-bond donors (Lipinski definition) is 3.